The van der Waals surface area contributed by atoms with E-state index in [1.54, 1.807) is 7.11 Å². The molecule has 0 atom stereocenters. The van der Waals surface area contributed by atoms with Crippen molar-refractivity contribution >= 4 is 17.6 Å². The summed E-state index contributed by atoms with van der Waals surface area (Å²) in [6, 6.07) is 5.69. The lowest BCUT2D eigenvalue weighted by Crippen LogP contribution is -2.38. The number of rotatable bonds is 3. The molecule has 20 heavy (non-hydrogen) atoms. The van der Waals surface area contributed by atoms with Gasteiger partial charge >= 0.3 is 0 Å². The minimum atomic E-state index is 0.548. The van der Waals surface area contributed by atoms with Gasteiger partial charge in [-0.25, -0.2) is 4.99 Å². The molecule has 0 bridgehead atoms. The summed E-state index contributed by atoms with van der Waals surface area (Å²) < 4.78 is 5.13. The number of likely N-dealkylation sites (tertiary alicyclic amines) is 1. The van der Waals surface area contributed by atoms with Crippen molar-refractivity contribution in [1.29, 1.82) is 0 Å². The second-order valence-electron chi connectivity index (χ2n) is 5.04. The van der Waals surface area contributed by atoms with Crippen molar-refractivity contribution in [2.24, 2.45) is 10.7 Å². The van der Waals surface area contributed by atoms with Crippen LogP contribution in [0.1, 0.15) is 31.2 Å². The number of ether oxygens (including phenoxy) is 1. The fourth-order valence-corrected chi connectivity index (χ4v) is 2.66. The number of benzene rings is 1. The fourth-order valence-electron chi connectivity index (χ4n) is 2.38. The van der Waals surface area contributed by atoms with Crippen molar-refractivity contribution in [2.45, 2.75) is 32.2 Å². The number of nitrogens with zero attached hydrogens (tertiary/aromatic N) is 2. The van der Waals surface area contributed by atoms with E-state index in [4.69, 9.17) is 22.1 Å². The van der Waals surface area contributed by atoms with Crippen LogP contribution in [0.25, 0.3) is 0 Å². The lowest BCUT2D eigenvalue weighted by atomic mass is 10.2. The Kier molecular flexibility index (Phi) is 5.53. The van der Waals surface area contributed by atoms with Crippen molar-refractivity contribution < 1.29 is 4.74 Å². The third-order valence-corrected chi connectivity index (χ3v) is 3.87. The van der Waals surface area contributed by atoms with E-state index in [-0.39, 0.29) is 0 Å². The third kappa shape index (κ3) is 4.04. The van der Waals surface area contributed by atoms with Crippen molar-refractivity contribution in [3.63, 3.8) is 0 Å². The highest BCUT2D eigenvalue weighted by Crippen LogP contribution is 2.25. The van der Waals surface area contributed by atoms with Gasteiger partial charge in [0.15, 0.2) is 5.96 Å². The zero-order valence-electron chi connectivity index (χ0n) is 11.9. The predicted molar refractivity (Wildman–Crippen MR) is 83.4 cm³/mol. The Labute approximate surface area is 125 Å². The van der Waals surface area contributed by atoms with Gasteiger partial charge in [-0.3, -0.25) is 0 Å². The molecule has 0 aromatic heterocycles. The molecule has 0 radical (unpaired) electrons. The first kappa shape index (κ1) is 15.0. The van der Waals surface area contributed by atoms with Crippen LogP contribution in [0.5, 0.6) is 5.75 Å². The lowest BCUT2D eigenvalue weighted by Gasteiger charge is -2.21. The first-order chi connectivity index (χ1) is 9.70. The first-order valence-electron chi connectivity index (χ1n) is 7.08. The van der Waals surface area contributed by atoms with Gasteiger partial charge in [0.2, 0.25) is 0 Å². The highest BCUT2D eigenvalue weighted by atomic mass is 35.5. The molecule has 0 aliphatic carbocycles. The second-order valence-corrected chi connectivity index (χ2v) is 5.45. The molecule has 1 aliphatic heterocycles. The molecule has 1 saturated heterocycles. The average Bonchev–Trinajstić information content (AvgIpc) is 2.74. The summed E-state index contributed by atoms with van der Waals surface area (Å²) in [7, 11) is 1.61. The Hall–Kier alpha value is -1.42. The number of guanidine groups is 1. The molecule has 1 aromatic rings. The van der Waals surface area contributed by atoms with Crippen molar-refractivity contribution in [3.8, 4) is 5.75 Å². The van der Waals surface area contributed by atoms with Crippen molar-refractivity contribution in [2.75, 3.05) is 20.2 Å². The maximum atomic E-state index is 6.10. The van der Waals surface area contributed by atoms with E-state index >= 15 is 0 Å². The number of methoxy groups -OCH3 is 1. The molecule has 1 aliphatic rings. The van der Waals surface area contributed by atoms with Gasteiger partial charge in [0.1, 0.15) is 5.75 Å². The topological polar surface area (TPSA) is 50.9 Å². The standard InChI is InChI=1S/C15H22ClN3O/c1-20-14-7-6-12(10-13(14)16)11-18-15(17)19-8-4-2-3-5-9-19/h6-7,10H,2-5,8-9,11H2,1H3,(H2,17,18). The summed E-state index contributed by atoms with van der Waals surface area (Å²) in [5, 5.41) is 0.605. The van der Waals surface area contributed by atoms with Crippen LogP contribution < -0.4 is 10.5 Å². The van der Waals surface area contributed by atoms with Gasteiger partial charge in [-0.15, -0.1) is 0 Å². The van der Waals surface area contributed by atoms with E-state index < -0.39 is 0 Å². The minimum absolute atomic E-state index is 0.548. The molecular formula is C15H22ClN3O. The van der Waals surface area contributed by atoms with Gasteiger partial charge in [0.25, 0.3) is 0 Å². The Balaban J connectivity index is 1.98. The smallest absolute Gasteiger partial charge is 0.191 e. The zero-order chi connectivity index (χ0) is 14.4. The van der Waals surface area contributed by atoms with Gasteiger partial charge in [0.05, 0.1) is 18.7 Å². The van der Waals surface area contributed by atoms with Gasteiger partial charge in [-0.05, 0) is 30.5 Å². The highest BCUT2D eigenvalue weighted by molar-refractivity contribution is 6.32. The van der Waals surface area contributed by atoms with Crippen LogP contribution in [0.3, 0.4) is 0 Å². The van der Waals surface area contributed by atoms with Gasteiger partial charge in [-0.1, -0.05) is 30.5 Å². The summed E-state index contributed by atoms with van der Waals surface area (Å²) in [6.45, 7) is 2.57. The van der Waals surface area contributed by atoms with Crippen LogP contribution in [0.4, 0.5) is 0 Å². The SMILES string of the molecule is COc1ccc(CN=C(N)N2CCCCCC2)cc1Cl. The molecule has 0 saturated carbocycles. The molecular weight excluding hydrogens is 274 g/mol. The van der Waals surface area contributed by atoms with Crippen molar-refractivity contribution in [1.82, 2.24) is 4.90 Å². The second kappa shape index (κ2) is 7.39. The molecule has 2 N–H and O–H groups in total. The maximum Gasteiger partial charge on any atom is 0.191 e. The Bertz CT molecular complexity index is 468. The molecule has 1 fully saturated rings. The Morgan fingerprint density at radius 3 is 2.60 bits per heavy atom. The Morgan fingerprint density at radius 1 is 1.30 bits per heavy atom. The maximum absolute atomic E-state index is 6.10. The zero-order valence-corrected chi connectivity index (χ0v) is 12.7. The monoisotopic (exact) mass is 295 g/mol. The molecule has 1 heterocycles. The van der Waals surface area contributed by atoms with Crippen LogP contribution in [0.2, 0.25) is 5.02 Å². The largest absolute Gasteiger partial charge is 0.495 e. The Morgan fingerprint density at radius 2 is 2.00 bits per heavy atom. The molecule has 5 heteroatoms. The summed E-state index contributed by atoms with van der Waals surface area (Å²) in [4.78, 5) is 6.66. The van der Waals surface area contributed by atoms with Gasteiger partial charge in [0, 0.05) is 13.1 Å². The van der Waals surface area contributed by atoms with Crippen LogP contribution in [0, 0.1) is 0 Å². The normalized spacial score (nSPS) is 16.9. The fraction of sp³-hybridized carbons (Fsp3) is 0.533. The summed E-state index contributed by atoms with van der Waals surface area (Å²) in [6.07, 6.45) is 4.98. The average molecular weight is 296 g/mol. The third-order valence-electron chi connectivity index (χ3n) is 3.57. The van der Waals surface area contributed by atoms with Crippen LogP contribution in [0.15, 0.2) is 23.2 Å². The molecule has 0 unspecified atom stereocenters. The number of nitrogens with two attached hydrogens (primary N) is 1. The lowest BCUT2D eigenvalue weighted by molar-refractivity contribution is 0.415. The molecule has 110 valence electrons. The summed E-state index contributed by atoms with van der Waals surface area (Å²) in [5.74, 6) is 1.32. The first-order valence-corrected chi connectivity index (χ1v) is 7.46. The van der Waals surface area contributed by atoms with E-state index in [9.17, 15) is 0 Å². The summed E-state index contributed by atoms with van der Waals surface area (Å²) >= 11 is 6.10. The predicted octanol–water partition coefficient (Wildman–Crippen LogP) is 3.04. The van der Waals surface area contributed by atoms with Crippen LogP contribution in [-0.2, 0) is 6.54 Å². The highest BCUT2D eigenvalue weighted by Gasteiger charge is 2.10. The van der Waals surface area contributed by atoms with Gasteiger partial charge in [-0.2, -0.15) is 0 Å². The van der Waals surface area contributed by atoms with E-state index in [1.165, 1.54) is 25.7 Å². The number of aliphatic imine (C=N–C) groups is 1. The van der Waals surface area contributed by atoms with E-state index in [2.05, 4.69) is 9.89 Å². The number of hydrogen-bond acceptors (Lipinski definition) is 2. The van der Waals surface area contributed by atoms with Crippen molar-refractivity contribution in [3.05, 3.63) is 28.8 Å². The van der Waals surface area contributed by atoms with Crippen LogP contribution >= 0.6 is 11.6 Å². The van der Waals surface area contributed by atoms with E-state index in [1.807, 2.05) is 18.2 Å². The molecule has 1 aromatic carbocycles. The quantitative estimate of drug-likeness (QED) is 0.689. The molecule has 0 spiro atoms. The number of hydrogen-bond donors (Lipinski definition) is 1. The molecule has 4 nitrogen and oxygen atoms in total. The molecule has 0 amide bonds. The summed E-state index contributed by atoms with van der Waals surface area (Å²) in [5.41, 5.74) is 7.11. The van der Waals surface area contributed by atoms with Crippen LogP contribution in [-0.4, -0.2) is 31.1 Å². The minimum Gasteiger partial charge on any atom is -0.495 e. The molecule has 2 rings (SSSR count). The van der Waals surface area contributed by atoms with Gasteiger partial charge < -0.3 is 15.4 Å². The van der Waals surface area contributed by atoms with E-state index in [0.717, 1.165) is 18.7 Å². The number of halogens is 1. The van der Waals surface area contributed by atoms with E-state index in [0.29, 0.717) is 23.3 Å².